The fraction of sp³-hybridized carbons (Fsp3) is 0.318. The van der Waals surface area contributed by atoms with E-state index in [2.05, 4.69) is 10.6 Å². The highest BCUT2D eigenvalue weighted by atomic mass is 16.2. The second-order valence-corrected chi connectivity index (χ2v) is 7.11. The number of amides is 2. The molecule has 0 unspecified atom stereocenters. The van der Waals surface area contributed by atoms with Crippen LogP contribution < -0.4 is 10.6 Å². The van der Waals surface area contributed by atoms with Crippen molar-refractivity contribution in [2.75, 3.05) is 5.32 Å². The lowest BCUT2D eigenvalue weighted by Crippen LogP contribution is -2.25. The number of benzene rings is 2. The fourth-order valence-corrected chi connectivity index (χ4v) is 2.82. The van der Waals surface area contributed by atoms with E-state index in [1.807, 2.05) is 32.0 Å². The van der Waals surface area contributed by atoms with Gasteiger partial charge in [-0.3, -0.25) is 14.4 Å². The number of rotatable bonds is 7. The lowest BCUT2D eigenvalue weighted by atomic mass is 9.99. The second-order valence-electron chi connectivity index (χ2n) is 7.11. The lowest BCUT2D eigenvalue weighted by Gasteiger charge is -2.08. The first-order valence-corrected chi connectivity index (χ1v) is 9.23. The molecule has 1 aliphatic carbocycles. The monoisotopic (exact) mass is 364 g/mol. The van der Waals surface area contributed by atoms with E-state index in [-0.39, 0.29) is 30.4 Å². The van der Waals surface area contributed by atoms with Gasteiger partial charge in [-0.1, -0.05) is 17.7 Å². The Morgan fingerprint density at radius 2 is 1.67 bits per heavy atom. The first-order valence-electron chi connectivity index (χ1n) is 9.23. The van der Waals surface area contributed by atoms with E-state index in [1.54, 1.807) is 24.3 Å². The zero-order valence-corrected chi connectivity index (χ0v) is 15.7. The molecule has 0 aliphatic heterocycles. The summed E-state index contributed by atoms with van der Waals surface area (Å²) in [6, 6.07) is 12.8. The smallest absolute Gasteiger partial charge is 0.251 e. The summed E-state index contributed by atoms with van der Waals surface area (Å²) >= 11 is 0. The molecule has 0 saturated heterocycles. The summed E-state index contributed by atoms with van der Waals surface area (Å²) in [4.78, 5) is 36.4. The molecule has 0 radical (unpaired) electrons. The molecular weight excluding hydrogens is 340 g/mol. The first kappa shape index (κ1) is 18.8. The van der Waals surface area contributed by atoms with Crippen molar-refractivity contribution in [2.24, 2.45) is 0 Å². The molecule has 2 amide bonds. The maximum absolute atomic E-state index is 12.4. The van der Waals surface area contributed by atoms with Gasteiger partial charge in [-0.2, -0.15) is 0 Å². The van der Waals surface area contributed by atoms with Gasteiger partial charge in [0.1, 0.15) is 0 Å². The maximum atomic E-state index is 12.4. The Morgan fingerprint density at radius 3 is 2.33 bits per heavy atom. The molecule has 0 bridgehead atoms. The maximum Gasteiger partial charge on any atom is 0.251 e. The topological polar surface area (TPSA) is 75.3 Å². The Labute approximate surface area is 159 Å². The molecule has 27 heavy (non-hydrogen) atoms. The summed E-state index contributed by atoms with van der Waals surface area (Å²) in [6.07, 6.45) is 2.37. The van der Waals surface area contributed by atoms with Crippen LogP contribution in [0.15, 0.2) is 42.5 Å². The summed E-state index contributed by atoms with van der Waals surface area (Å²) < 4.78 is 0. The molecule has 2 aromatic carbocycles. The van der Waals surface area contributed by atoms with Gasteiger partial charge in [0.2, 0.25) is 5.91 Å². The molecule has 0 aromatic heterocycles. The van der Waals surface area contributed by atoms with E-state index < -0.39 is 0 Å². The number of carbonyl (C=O) groups excluding carboxylic acids is 3. The molecule has 1 fully saturated rings. The standard InChI is InChI=1S/C22H24N2O3/c1-14-3-4-15(2)19(13-14)20(25)11-12-21(26)23-17-7-5-16(6-8-17)22(27)24-18-9-10-18/h3-8,13,18H,9-12H2,1-2H3,(H,23,26)(H,24,27). The number of carbonyl (C=O) groups is 3. The summed E-state index contributed by atoms with van der Waals surface area (Å²) in [7, 11) is 0. The third-order valence-electron chi connectivity index (χ3n) is 4.62. The van der Waals surface area contributed by atoms with Crippen molar-refractivity contribution in [1.82, 2.24) is 5.32 Å². The Hall–Kier alpha value is -2.95. The molecule has 0 heterocycles. The summed E-state index contributed by atoms with van der Waals surface area (Å²) in [5.41, 5.74) is 3.81. The third-order valence-corrected chi connectivity index (χ3v) is 4.62. The van der Waals surface area contributed by atoms with Gasteiger partial charge in [0.15, 0.2) is 5.78 Å². The van der Waals surface area contributed by atoms with Crippen molar-refractivity contribution < 1.29 is 14.4 Å². The average molecular weight is 364 g/mol. The molecule has 1 aliphatic rings. The minimum Gasteiger partial charge on any atom is -0.349 e. The molecule has 1 saturated carbocycles. The predicted octanol–water partition coefficient (Wildman–Crippen LogP) is 3.80. The van der Waals surface area contributed by atoms with E-state index in [0.717, 1.165) is 24.0 Å². The van der Waals surface area contributed by atoms with E-state index in [9.17, 15) is 14.4 Å². The van der Waals surface area contributed by atoms with Gasteiger partial charge in [-0.05, 0) is 62.6 Å². The molecule has 2 N–H and O–H groups in total. The highest BCUT2D eigenvalue weighted by Crippen LogP contribution is 2.20. The Morgan fingerprint density at radius 1 is 0.963 bits per heavy atom. The molecule has 5 nitrogen and oxygen atoms in total. The molecule has 2 aromatic rings. The Kier molecular flexibility index (Phi) is 5.69. The number of hydrogen-bond donors (Lipinski definition) is 2. The van der Waals surface area contributed by atoms with Crippen LogP contribution in [-0.2, 0) is 4.79 Å². The van der Waals surface area contributed by atoms with Crippen molar-refractivity contribution in [3.8, 4) is 0 Å². The van der Waals surface area contributed by atoms with E-state index in [4.69, 9.17) is 0 Å². The summed E-state index contributed by atoms with van der Waals surface area (Å²) in [6.45, 7) is 3.84. The van der Waals surface area contributed by atoms with Crippen LogP contribution in [0.3, 0.4) is 0 Å². The Bertz CT molecular complexity index is 868. The van der Waals surface area contributed by atoms with Crippen molar-refractivity contribution >= 4 is 23.3 Å². The number of Topliss-reactive ketones (excluding diaryl/α,β-unsaturated/α-hetero) is 1. The van der Waals surface area contributed by atoms with Crippen molar-refractivity contribution in [2.45, 2.75) is 45.6 Å². The van der Waals surface area contributed by atoms with Crippen LogP contribution >= 0.6 is 0 Å². The van der Waals surface area contributed by atoms with Crippen LogP contribution in [0.5, 0.6) is 0 Å². The van der Waals surface area contributed by atoms with Crippen LogP contribution in [0.4, 0.5) is 5.69 Å². The lowest BCUT2D eigenvalue weighted by molar-refractivity contribution is -0.116. The molecular formula is C22H24N2O3. The van der Waals surface area contributed by atoms with Crippen LogP contribution in [0.25, 0.3) is 0 Å². The van der Waals surface area contributed by atoms with Gasteiger partial charge in [-0.15, -0.1) is 0 Å². The van der Waals surface area contributed by atoms with Crippen molar-refractivity contribution in [3.05, 3.63) is 64.7 Å². The number of hydrogen-bond acceptors (Lipinski definition) is 3. The van der Waals surface area contributed by atoms with Gasteiger partial charge < -0.3 is 10.6 Å². The van der Waals surface area contributed by atoms with Crippen LogP contribution in [0.1, 0.15) is 57.5 Å². The third kappa shape index (κ3) is 5.26. The SMILES string of the molecule is Cc1ccc(C)c(C(=O)CCC(=O)Nc2ccc(C(=O)NC3CC3)cc2)c1. The Balaban J connectivity index is 1.50. The summed E-state index contributed by atoms with van der Waals surface area (Å²) in [5.74, 6) is -0.336. The normalized spacial score (nSPS) is 13.1. The minimum atomic E-state index is -0.219. The van der Waals surface area contributed by atoms with Crippen LogP contribution in [0.2, 0.25) is 0 Å². The fourth-order valence-electron chi connectivity index (χ4n) is 2.82. The van der Waals surface area contributed by atoms with Gasteiger partial charge >= 0.3 is 0 Å². The van der Waals surface area contributed by atoms with Gasteiger partial charge in [0, 0.05) is 35.7 Å². The van der Waals surface area contributed by atoms with E-state index in [1.165, 1.54) is 0 Å². The van der Waals surface area contributed by atoms with Crippen LogP contribution in [0, 0.1) is 13.8 Å². The van der Waals surface area contributed by atoms with Crippen LogP contribution in [-0.4, -0.2) is 23.6 Å². The molecule has 0 spiro atoms. The highest BCUT2D eigenvalue weighted by Gasteiger charge is 2.23. The van der Waals surface area contributed by atoms with Gasteiger partial charge in [-0.25, -0.2) is 0 Å². The van der Waals surface area contributed by atoms with Gasteiger partial charge in [0.05, 0.1) is 0 Å². The number of anilines is 1. The average Bonchev–Trinajstić information content (AvgIpc) is 3.46. The van der Waals surface area contributed by atoms with E-state index >= 15 is 0 Å². The van der Waals surface area contributed by atoms with Crippen molar-refractivity contribution in [1.29, 1.82) is 0 Å². The molecule has 140 valence electrons. The van der Waals surface area contributed by atoms with E-state index in [0.29, 0.717) is 22.9 Å². The number of nitrogens with one attached hydrogen (secondary N) is 2. The van der Waals surface area contributed by atoms with Crippen molar-refractivity contribution in [3.63, 3.8) is 0 Å². The molecule has 3 rings (SSSR count). The number of aryl methyl sites for hydroxylation is 2. The largest absolute Gasteiger partial charge is 0.349 e. The van der Waals surface area contributed by atoms with Gasteiger partial charge in [0.25, 0.3) is 5.91 Å². The molecule has 0 atom stereocenters. The zero-order valence-electron chi connectivity index (χ0n) is 15.7. The minimum absolute atomic E-state index is 0.0292. The zero-order chi connectivity index (χ0) is 19.4. The summed E-state index contributed by atoms with van der Waals surface area (Å²) in [5, 5.41) is 5.69. The predicted molar refractivity (Wildman–Crippen MR) is 105 cm³/mol. The first-order chi connectivity index (χ1) is 12.9. The molecule has 5 heteroatoms. The quantitative estimate of drug-likeness (QED) is 0.734. The number of ketones is 1. The second kappa shape index (κ2) is 8.16. The highest BCUT2D eigenvalue weighted by molar-refractivity contribution is 6.01.